The number of benzene rings is 1. The standard InChI is InChI=1S/C18H21BrN2O2/c1-14-12-16(9-10-20-14)21-18(22)8-3-2-4-11-23-17-7-5-6-15(19)13-17/h5-7,9-10,12-13H,2-4,8,11H2,1H3,(H,20,21,22). The number of unbranched alkanes of at least 4 members (excludes halogenated alkanes) is 2. The predicted octanol–water partition coefficient (Wildman–Crippen LogP) is 4.73. The van der Waals surface area contributed by atoms with Crippen LogP contribution in [0.2, 0.25) is 0 Å². The summed E-state index contributed by atoms with van der Waals surface area (Å²) in [5.41, 5.74) is 1.70. The van der Waals surface area contributed by atoms with Crippen molar-refractivity contribution in [2.75, 3.05) is 11.9 Å². The van der Waals surface area contributed by atoms with Crippen LogP contribution in [0.15, 0.2) is 47.1 Å². The van der Waals surface area contributed by atoms with Gasteiger partial charge in [-0.1, -0.05) is 22.0 Å². The third-order valence-corrected chi connectivity index (χ3v) is 3.79. The van der Waals surface area contributed by atoms with Crippen LogP contribution in [0.3, 0.4) is 0 Å². The average molecular weight is 377 g/mol. The number of nitrogens with one attached hydrogen (secondary N) is 1. The lowest BCUT2D eigenvalue weighted by Gasteiger charge is -2.07. The molecule has 122 valence electrons. The van der Waals surface area contributed by atoms with Gasteiger partial charge in [0.15, 0.2) is 0 Å². The topological polar surface area (TPSA) is 51.2 Å². The maximum absolute atomic E-state index is 11.8. The molecule has 0 saturated carbocycles. The number of nitrogens with zero attached hydrogens (tertiary/aromatic N) is 1. The van der Waals surface area contributed by atoms with Crippen LogP contribution >= 0.6 is 15.9 Å². The Morgan fingerprint density at radius 2 is 2.09 bits per heavy atom. The van der Waals surface area contributed by atoms with Gasteiger partial charge in [-0.05, 0) is 56.5 Å². The number of rotatable bonds is 8. The fraction of sp³-hybridized carbons (Fsp3) is 0.333. The zero-order chi connectivity index (χ0) is 16.5. The quantitative estimate of drug-likeness (QED) is 0.677. The van der Waals surface area contributed by atoms with Gasteiger partial charge < -0.3 is 10.1 Å². The van der Waals surface area contributed by atoms with Gasteiger partial charge in [0.2, 0.25) is 5.91 Å². The summed E-state index contributed by atoms with van der Waals surface area (Å²) >= 11 is 3.42. The first-order valence-corrected chi connectivity index (χ1v) is 8.53. The van der Waals surface area contributed by atoms with Crippen LogP contribution in [0.5, 0.6) is 5.75 Å². The first kappa shape index (κ1) is 17.5. The monoisotopic (exact) mass is 376 g/mol. The van der Waals surface area contributed by atoms with Gasteiger partial charge in [0.25, 0.3) is 0 Å². The highest BCUT2D eigenvalue weighted by atomic mass is 79.9. The third kappa shape index (κ3) is 6.82. The Balaban J connectivity index is 1.57. The summed E-state index contributed by atoms with van der Waals surface area (Å²) in [4.78, 5) is 16.0. The highest BCUT2D eigenvalue weighted by Crippen LogP contribution is 2.18. The Morgan fingerprint density at radius 1 is 1.22 bits per heavy atom. The van der Waals surface area contributed by atoms with Crippen LogP contribution in [0.4, 0.5) is 5.69 Å². The number of hydrogen-bond donors (Lipinski definition) is 1. The Hall–Kier alpha value is -1.88. The van der Waals surface area contributed by atoms with Crippen molar-refractivity contribution in [1.29, 1.82) is 0 Å². The van der Waals surface area contributed by atoms with Crippen LogP contribution in [0.25, 0.3) is 0 Å². The van der Waals surface area contributed by atoms with E-state index in [4.69, 9.17) is 4.74 Å². The maximum Gasteiger partial charge on any atom is 0.224 e. The molecule has 1 heterocycles. The zero-order valence-corrected chi connectivity index (χ0v) is 14.8. The number of carbonyl (C=O) groups is 1. The van der Waals surface area contributed by atoms with Crippen molar-refractivity contribution in [3.8, 4) is 5.75 Å². The van der Waals surface area contributed by atoms with E-state index in [1.54, 1.807) is 12.3 Å². The largest absolute Gasteiger partial charge is 0.494 e. The van der Waals surface area contributed by atoms with Crippen LogP contribution in [0.1, 0.15) is 31.4 Å². The van der Waals surface area contributed by atoms with Crippen molar-refractivity contribution in [3.63, 3.8) is 0 Å². The van der Waals surface area contributed by atoms with Crippen molar-refractivity contribution < 1.29 is 9.53 Å². The summed E-state index contributed by atoms with van der Waals surface area (Å²) in [6, 6.07) is 11.5. The lowest BCUT2D eigenvalue weighted by molar-refractivity contribution is -0.116. The van der Waals surface area contributed by atoms with E-state index in [-0.39, 0.29) is 5.91 Å². The van der Waals surface area contributed by atoms with Crippen molar-refractivity contribution in [1.82, 2.24) is 4.98 Å². The van der Waals surface area contributed by atoms with E-state index in [9.17, 15) is 4.79 Å². The van der Waals surface area contributed by atoms with Gasteiger partial charge in [-0.15, -0.1) is 0 Å². The van der Waals surface area contributed by atoms with Gasteiger partial charge in [-0.2, -0.15) is 0 Å². The molecule has 4 nitrogen and oxygen atoms in total. The van der Waals surface area contributed by atoms with Crippen LogP contribution in [0, 0.1) is 6.92 Å². The second kappa shape index (κ2) is 9.30. The Labute approximate surface area is 145 Å². The van der Waals surface area contributed by atoms with Gasteiger partial charge in [-0.25, -0.2) is 0 Å². The first-order valence-electron chi connectivity index (χ1n) is 7.74. The van der Waals surface area contributed by atoms with Crippen molar-refractivity contribution in [3.05, 3.63) is 52.8 Å². The van der Waals surface area contributed by atoms with Crippen LogP contribution in [-0.4, -0.2) is 17.5 Å². The molecule has 5 heteroatoms. The van der Waals surface area contributed by atoms with E-state index in [0.717, 1.165) is 40.9 Å². The molecule has 23 heavy (non-hydrogen) atoms. The molecule has 0 aliphatic rings. The van der Waals surface area contributed by atoms with Gasteiger partial charge in [0.05, 0.1) is 6.61 Å². The SMILES string of the molecule is Cc1cc(NC(=O)CCCCCOc2cccc(Br)c2)ccn1. The summed E-state index contributed by atoms with van der Waals surface area (Å²) < 4.78 is 6.68. The van der Waals surface area contributed by atoms with Gasteiger partial charge in [0, 0.05) is 28.5 Å². The predicted molar refractivity (Wildman–Crippen MR) is 95.7 cm³/mol. The normalized spacial score (nSPS) is 10.3. The minimum Gasteiger partial charge on any atom is -0.494 e. The minimum atomic E-state index is 0.0449. The molecule has 0 unspecified atom stereocenters. The van der Waals surface area contributed by atoms with E-state index < -0.39 is 0 Å². The van der Waals surface area contributed by atoms with Gasteiger partial charge in [-0.3, -0.25) is 9.78 Å². The second-order valence-electron chi connectivity index (χ2n) is 5.35. The van der Waals surface area contributed by atoms with Crippen molar-refractivity contribution in [2.45, 2.75) is 32.6 Å². The lowest BCUT2D eigenvalue weighted by atomic mass is 10.2. The molecule has 0 aliphatic carbocycles. The molecule has 1 aromatic carbocycles. The van der Waals surface area contributed by atoms with Crippen LogP contribution in [-0.2, 0) is 4.79 Å². The molecule has 1 N–H and O–H groups in total. The summed E-state index contributed by atoms with van der Waals surface area (Å²) in [5, 5.41) is 2.89. The number of halogens is 1. The molecule has 0 atom stereocenters. The molecular formula is C18H21BrN2O2. The number of carbonyl (C=O) groups excluding carboxylic acids is 1. The maximum atomic E-state index is 11.8. The summed E-state index contributed by atoms with van der Waals surface area (Å²) in [6.45, 7) is 2.57. The fourth-order valence-electron chi connectivity index (χ4n) is 2.16. The number of anilines is 1. The minimum absolute atomic E-state index is 0.0449. The molecule has 0 radical (unpaired) electrons. The molecule has 1 amide bonds. The molecule has 0 spiro atoms. The number of aromatic nitrogens is 1. The highest BCUT2D eigenvalue weighted by molar-refractivity contribution is 9.10. The molecule has 0 saturated heterocycles. The molecule has 2 rings (SSSR count). The molecule has 1 aromatic heterocycles. The fourth-order valence-corrected chi connectivity index (χ4v) is 2.54. The number of hydrogen-bond acceptors (Lipinski definition) is 3. The number of ether oxygens (including phenoxy) is 1. The van der Waals surface area contributed by atoms with Crippen LogP contribution < -0.4 is 10.1 Å². The Morgan fingerprint density at radius 3 is 2.87 bits per heavy atom. The van der Waals surface area contributed by atoms with E-state index in [1.807, 2.05) is 37.3 Å². The van der Waals surface area contributed by atoms with Crippen molar-refractivity contribution in [2.24, 2.45) is 0 Å². The molecular weight excluding hydrogens is 356 g/mol. The number of pyridine rings is 1. The molecule has 0 fully saturated rings. The van der Waals surface area contributed by atoms with Crippen molar-refractivity contribution >= 4 is 27.5 Å². The third-order valence-electron chi connectivity index (χ3n) is 3.29. The summed E-state index contributed by atoms with van der Waals surface area (Å²) in [7, 11) is 0. The molecule has 0 bridgehead atoms. The molecule has 0 aliphatic heterocycles. The van der Waals surface area contributed by atoms with Gasteiger partial charge in [0.1, 0.15) is 5.75 Å². The average Bonchev–Trinajstić information content (AvgIpc) is 2.51. The summed E-state index contributed by atoms with van der Waals surface area (Å²) in [5.74, 6) is 0.911. The Bertz CT molecular complexity index is 646. The smallest absolute Gasteiger partial charge is 0.224 e. The van der Waals surface area contributed by atoms with E-state index in [2.05, 4.69) is 26.2 Å². The second-order valence-corrected chi connectivity index (χ2v) is 6.27. The van der Waals surface area contributed by atoms with E-state index in [0.29, 0.717) is 13.0 Å². The first-order chi connectivity index (χ1) is 11.1. The van der Waals surface area contributed by atoms with E-state index in [1.165, 1.54) is 0 Å². The number of aryl methyl sites for hydroxylation is 1. The Kier molecular flexibility index (Phi) is 7.07. The lowest BCUT2D eigenvalue weighted by Crippen LogP contribution is -2.11. The highest BCUT2D eigenvalue weighted by Gasteiger charge is 2.03. The molecule has 2 aromatic rings. The number of amides is 1. The summed E-state index contributed by atoms with van der Waals surface area (Å²) in [6.07, 6.45) is 4.99. The zero-order valence-electron chi connectivity index (χ0n) is 13.2. The van der Waals surface area contributed by atoms with Gasteiger partial charge >= 0.3 is 0 Å². The van der Waals surface area contributed by atoms with E-state index >= 15 is 0 Å².